The highest BCUT2D eigenvalue weighted by molar-refractivity contribution is 6.05. The average molecular weight is 505 g/mol. The number of rotatable bonds is 10. The Kier molecular flexibility index (Phi) is 6.88. The molecule has 5 rings (SSSR count). The van der Waals surface area contributed by atoms with Crippen LogP contribution in [0.25, 0.3) is 10.8 Å². The van der Waals surface area contributed by atoms with E-state index in [0.29, 0.717) is 24.9 Å². The number of anilines is 1. The molecule has 3 aliphatic heterocycles. The third-order valence-electron chi connectivity index (χ3n) is 7.84. The second kappa shape index (κ2) is 10.1. The van der Waals surface area contributed by atoms with Crippen molar-refractivity contribution < 1.29 is 29.0 Å². The van der Waals surface area contributed by atoms with Crippen molar-refractivity contribution in [1.29, 1.82) is 0 Å². The first-order valence-corrected chi connectivity index (χ1v) is 12.7. The molecule has 2 unspecified atom stereocenters. The van der Waals surface area contributed by atoms with Crippen LogP contribution in [-0.2, 0) is 23.9 Å². The smallest absolute Gasteiger partial charge is 0.312 e. The first-order valence-electron chi connectivity index (χ1n) is 12.7. The Morgan fingerprint density at radius 2 is 1.97 bits per heavy atom. The highest BCUT2D eigenvalue weighted by Crippen LogP contribution is 2.58. The van der Waals surface area contributed by atoms with Gasteiger partial charge in [-0.25, -0.2) is 0 Å². The molecule has 1 spiro atoms. The molecule has 0 radical (unpaired) electrons. The number of benzene rings is 2. The number of hydrogen-bond acceptors (Lipinski definition) is 6. The van der Waals surface area contributed by atoms with Crippen molar-refractivity contribution in [2.75, 3.05) is 31.2 Å². The topological polar surface area (TPSA) is 96.4 Å². The lowest BCUT2D eigenvalue weighted by Crippen LogP contribution is -2.56. The van der Waals surface area contributed by atoms with Crippen LogP contribution in [0.15, 0.2) is 67.8 Å². The van der Waals surface area contributed by atoms with E-state index in [-0.39, 0.29) is 38.1 Å². The van der Waals surface area contributed by atoms with Crippen molar-refractivity contribution >= 4 is 34.2 Å². The molecule has 5 atom stereocenters. The quantitative estimate of drug-likeness (QED) is 0.304. The highest BCUT2D eigenvalue weighted by atomic mass is 16.6. The molecule has 3 fully saturated rings. The fourth-order valence-corrected chi connectivity index (χ4v) is 6.33. The molecule has 2 amide bonds. The maximum atomic E-state index is 14.3. The average Bonchev–Trinajstić information content (AvgIpc) is 3.54. The van der Waals surface area contributed by atoms with Crippen LogP contribution in [-0.4, -0.2) is 71.8 Å². The van der Waals surface area contributed by atoms with Gasteiger partial charge in [-0.1, -0.05) is 42.5 Å². The number of ether oxygens (including phenoxy) is 2. The van der Waals surface area contributed by atoms with Crippen molar-refractivity contribution in [2.45, 2.75) is 37.0 Å². The molecule has 37 heavy (non-hydrogen) atoms. The first-order chi connectivity index (χ1) is 18.0. The van der Waals surface area contributed by atoms with Gasteiger partial charge in [0.2, 0.25) is 5.91 Å². The number of fused-ring (bicyclic) bond motifs is 2. The number of hydrogen-bond donors (Lipinski definition) is 1. The Labute approximate surface area is 216 Å². The fourth-order valence-electron chi connectivity index (χ4n) is 6.33. The number of aliphatic hydroxyl groups excluding tert-OH is 1. The third kappa shape index (κ3) is 4.04. The lowest BCUT2D eigenvalue weighted by molar-refractivity contribution is -0.155. The van der Waals surface area contributed by atoms with E-state index in [0.717, 1.165) is 10.8 Å². The van der Waals surface area contributed by atoms with Gasteiger partial charge >= 0.3 is 5.97 Å². The van der Waals surface area contributed by atoms with Gasteiger partial charge in [0, 0.05) is 18.8 Å². The van der Waals surface area contributed by atoms with Crippen LogP contribution in [0.5, 0.6) is 0 Å². The minimum absolute atomic E-state index is 0.0284. The van der Waals surface area contributed by atoms with Crippen LogP contribution >= 0.6 is 0 Å². The van der Waals surface area contributed by atoms with Crippen LogP contribution in [0.4, 0.5) is 5.69 Å². The van der Waals surface area contributed by atoms with Gasteiger partial charge in [0.15, 0.2) is 0 Å². The van der Waals surface area contributed by atoms with Crippen LogP contribution in [0.1, 0.15) is 19.3 Å². The van der Waals surface area contributed by atoms with Crippen molar-refractivity contribution in [2.24, 2.45) is 11.8 Å². The molecule has 8 heteroatoms. The molecule has 3 aliphatic rings. The Bertz CT molecular complexity index is 1240. The predicted molar refractivity (Wildman–Crippen MR) is 139 cm³/mol. The molecule has 2 aromatic rings. The molecule has 1 N–H and O–H groups in total. The number of aliphatic hydroxyl groups is 1. The van der Waals surface area contributed by atoms with E-state index < -0.39 is 35.6 Å². The zero-order chi connectivity index (χ0) is 26.2. The summed E-state index contributed by atoms with van der Waals surface area (Å²) in [5.41, 5.74) is -0.473. The summed E-state index contributed by atoms with van der Waals surface area (Å²) >= 11 is 0. The van der Waals surface area contributed by atoms with Crippen molar-refractivity contribution in [3.05, 3.63) is 67.8 Å². The SMILES string of the molecule is C=CCCOC(=O)[C@@H]1[C@@H]2CCC3(O2)C(C(=O)N(CC=C)c2ccc4ccccc4c2)N(CCO)C(=O)[C@H]13. The zero-order valence-corrected chi connectivity index (χ0v) is 20.8. The Balaban J connectivity index is 1.52. The van der Waals surface area contributed by atoms with E-state index >= 15 is 0 Å². The van der Waals surface area contributed by atoms with E-state index in [1.807, 2.05) is 42.5 Å². The van der Waals surface area contributed by atoms with E-state index in [1.165, 1.54) is 4.90 Å². The largest absolute Gasteiger partial charge is 0.465 e. The van der Waals surface area contributed by atoms with Gasteiger partial charge in [-0.05, 0) is 42.2 Å². The normalized spacial score (nSPS) is 27.8. The molecular weight excluding hydrogens is 472 g/mol. The van der Waals surface area contributed by atoms with E-state index in [4.69, 9.17) is 9.47 Å². The first kappa shape index (κ1) is 25.2. The van der Waals surface area contributed by atoms with Crippen LogP contribution in [0, 0.1) is 11.8 Å². The molecular formula is C29H32N2O6. The van der Waals surface area contributed by atoms with Crippen molar-refractivity contribution in [1.82, 2.24) is 4.90 Å². The molecule has 2 bridgehead atoms. The number of carbonyl (C=O) groups excluding carboxylic acids is 3. The summed E-state index contributed by atoms with van der Waals surface area (Å²) < 4.78 is 11.8. The lowest BCUT2D eigenvalue weighted by atomic mass is 9.70. The van der Waals surface area contributed by atoms with Gasteiger partial charge in [-0.2, -0.15) is 0 Å². The monoisotopic (exact) mass is 504 g/mol. The van der Waals surface area contributed by atoms with Crippen LogP contribution < -0.4 is 4.90 Å². The molecule has 0 saturated carbocycles. The molecule has 0 aromatic heterocycles. The summed E-state index contributed by atoms with van der Waals surface area (Å²) in [5, 5.41) is 11.8. The van der Waals surface area contributed by atoms with Gasteiger partial charge in [-0.15, -0.1) is 13.2 Å². The minimum Gasteiger partial charge on any atom is -0.465 e. The number of β-amino-alcohol motifs (C(OH)–C–C–N with tert-alkyl or cyclic N) is 1. The molecule has 3 saturated heterocycles. The third-order valence-corrected chi connectivity index (χ3v) is 7.84. The summed E-state index contributed by atoms with van der Waals surface area (Å²) in [7, 11) is 0. The maximum absolute atomic E-state index is 14.3. The Morgan fingerprint density at radius 1 is 1.19 bits per heavy atom. The second-order valence-electron chi connectivity index (χ2n) is 9.82. The van der Waals surface area contributed by atoms with Gasteiger partial charge < -0.3 is 24.4 Å². The number of likely N-dealkylation sites (tertiary alicyclic amines) is 1. The van der Waals surface area contributed by atoms with Crippen LogP contribution in [0.2, 0.25) is 0 Å². The Hall–Kier alpha value is -3.49. The summed E-state index contributed by atoms with van der Waals surface area (Å²) in [6.45, 7) is 7.54. The molecule has 0 aliphatic carbocycles. The standard InChI is InChI=1S/C29H32N2O6/c1-3-5-17-36-28(35)23-22-12-13-29(37-22)24(23)26(33)31(15-16-32)25(29)27(34)30(14-4-2)21-11-10-19-8-6-7-9-20(19)18-21/h3-4,6-11,18,22-25,32H,1-2,5,12-17H2/t22-,23+,24-,25?,29?/m0/s1. The fraction of sp³-hybridized carbons (Fsp3) is 0.414. The van der Waals surface area contributed by atoms with Gasteiger partial charge in [-0.3, -0.25) is 14.4 Å². The van der Waals surface area contributed by atoms with Crippen molar-refractivity contribution in [3.8, 4) is 0 Å². The summed E-state index contributed by atoms with van der Waals surface area (Å²) in [6.07, 6.45) is 4.36. The van der Waals surface area contributed by atoms with E-state index in [1.54, 1.807) is 17.1 Å². The van der Waals surface area contributed by atoms with E-state index in [9.17, 15) is 19.5 Å². The highest BCUT2D eigenvalue weighted by Gasteiger charge is 2.75. The summed E-state index contributed by atoms with van der Waals surface area (Å²) in [4.78, 5) is 44.1. The molecule has 3 heterocycles. The Morgan fingerprint density at radius 3 is 2.70 bits per heavy atom. The molecule has 194 valence electrons. The number of esters is 1. The molecule has 8 nitrogen and oxygen atoms in total. The summed E-state index contributed by atoms with van der Waals surface area (Å²) in [5.74, 6) is -2.76. The maximum Gasteiger partial charge on any atom is 0.312 e. The lowest BCUT2D eigenvalue weighted by Gasteiger charge is -2.36. The van der Waals surface area contributed by atoms with Gasteiger partial charge in [0.25, 0.3) is 5.91 Å². The zero-order valence-electron chi connectivity index (χ0n) is 20.8. The van der Waals surface area contributed by atoms with Gasteiger partial charge in [0.05, 0.1) is 31.2 Å². The second-order valence-corrected chi connectivity index (χ2v) is 9.82. The number of amides is 2. The minimum atomic E-state index is -1.15. The van der Waals surface area contributed by atoms with Gasteiger partial charge in [0.1, 0.15) is 11.6 Å². The number of nitrogens with zero attached hydrogens (tertiary/aromatic N) is 2. The predicted octanol–water partition coefficient (Wildman–Crippen LogP) is 2.85. The summed E-state index contributed by atoms with van der Waals surface area (Å²) in [6, 6.07) is 12.7. The number of carbonyl (C=O) groups is 3. The molecule has 2 aromatic carbocycles. The van der Waals surface area contributed by atoms with E-state index in [2.05, 4.69) is 13.2 Å². The van der Waals surface area contributed by atoms with Crippen molar-refractivity contribution in [3.63, 3.8) is 0 Å². The van der Waals surface area contributed by atoms with Crippen LogP contribution in [0.3, 0.4) is 0 Å².